The van der Waals surface area contributed by atoms with Gasteiger partial charge in [0.25, 0.3) is 0 Å². The Kier molecular flexibility index (Phi) is 2.86. The van der Waals surface area contributed by atoms with Gasteiger partial charge in [0.2, 0.25) is 0 Å². The molecule has 0 saturated carbocycles. The second kappa shape index (κ2) is 4.50. The molecule has 2 heterocycles. The molecule has 0 radical (unpaired) electrons. The first-order valence-electron chi connectivity index (χ1n) is 9.61. The molecule has 2 aliphatic carbocycles. The minimum absolute atomic E-state index is 0.0126. The summed E-state index contributed by atoms with van der Waals surface area (Å²) < 4.78 is 6.63. The zero-order valence-electron chi connectivity index (χ0n) is 16.0. The monoisotopic (exact) mass is 339 g/mol. The van der Waals surface area contributed by atoms with E-state index in [1.165, 1.54) is 16.7 Å². The van der Waals surface area contributed by atoms with Gasteiger partial charge >= 0.3 is 0 Å². The number of aliphatic hydroxyl groups is 1. The number of likely N-dealkylation sites (tertiary alicyclic amines) is 1. The van der Waals surface area contributed by atoms with E-state index in [-0.39, 0.29) is 22.3 Å². The van der Waals surface area contributed by atoms with Crippen molar-refractivity contribution in [2.24, 2.45) is 5.41 Å². The minimum Gasteiger partial charge on any atom is -0.486 e. The molecule has 0 amide bonds. The number of nitrogens with zero attached hydrogens (tertiary/aromatic N) is 1. The van der Waals surface area contributed by atoms with Gasteiger partial charge in [-0.1, -0.05) is 52.0 Å². The van der Waals surface area contributed by atoms with Gasteiger partial charge in [-0.2, -0.15) is 0 Å². The van der Waals surface area contributed by atoms with Crippen LogP contribution >= 0.6 is 0 Å². The number of aliphatic hydroxyl groups excluding tert-OH is 1. The maximum absolute atomic E-state index is 10.8. The van der Waals surface area contributed by atoms with Gasteiger partial charge in [0, 0.05) is 17.0 Å². The average Bonchev–Trinajstić information content (AvgIpc) is 2.88. The lowest BCUT2D eigenvalue weighted by Crippen LogP contribution is -2.70. The van der Waals surface area contributed by atoms with Crippen LogP contribution in [0.3, 0.4) is 0 Å². The molecule has 0 aromatic heterocycles. The van der Waals surface area contributed by atoms with E-state index in [2.05, 4.69) is 57.9 Å². The molecule has 25 heavy (non-hydrogen) atoms. The van der Waals surface area contributed by atoms with Crippen molar-refractivity contribution in [3.63, 3.8) is 0 Å². The summed E-state index contributed by atoms with van der Waals surface area (Å²) in [6.45, 7) is 10.2. The van der Waals surface area contributed by atoms with E-state index < -0.39 is 6.10 Å². The molecule has 134 valence electrons. The number of hydrogen-bond acceptors (Lipinski definition) is 3. The van der Waals surface area contributed by atoms with E-state index in [1.807, 2.05) is 6.08 Å². The lowest BCUT2D eigenvalue weighted by atomic mass is 9.45. The van der Waals surface area contributed by atoms with Crippen LogP contribution < -0.4 is 4.74 Å². The van der Waals surface area contributed by atoms with Gasteiger partial charge in [-0.05, 0) is 43.0 Å². The SMILES string of the molecule is CN1CC[C@]23c4c5ccc(C(C)(C)C)c4O[C@H]2[C@@H](O)C=C[C@@]3(C)[C@H]1C5. The van der Waals surface area contributed by atoms with E-state index in [0.29, 0.717) is 6.04 Å². The summed E-state index contributed by atoms with van der Waals surface area (Å²) in [5.74, 6) is 1.08. The van der Waals surface area contributed by atoms with Crippen molar-refractivity contribution in [3.05, 3.63) is 41.0 Å². The lowest BCUT2D eigenvalue weighted by Gasteiger charge is -2.62. The molecule has 1 N–H and O–H groups in total. The van der Waals surface area contributed by atoms with Gasteiger partial charge < -0.3 is 14.7 Å². The van der Waals surface area contributed by atoms with E-state index in [4.69, 9.17) is 4.74 Å². The molecule has 5 rings (SSSR count). The second-order valence-electron chi connectivity index (χ2n) is 9.82. The van der Waals surface area contributed by atoms with Crippen LogP contribution in [0.15, 0.2) is 24.3 Å². The molecule has 1 spiro atoms. The molecule has 4 aliphatic rings. The van der Waals surface area contributed by atoms with Crippen molar-refractivity contribution < 1.29 is 9.84 Å². The summed E-state index contributed by atoms with van der Waals surface area (Å²) in [6.07, 6.45) is 5.73. The smallest absolute Gasteiger partial charge is 0.139 e. The van der Waals surface area contributed by atoms with Gasteiger partial charge in [0.05, 0.1) is 5.41 Å². The third-order valence-corrected chi connectivity index (χ3v) is 7.64. The van der Waals surface area contributed by atoms with E-state index in [1.54, 1.807) is 0 Å². The number of hydrogen-bond donors (Lipinski definition) is 1. The van der Waals surface area contributed by atoms with E-state index >= 15 is 0 Å². The van der Waals surface area contributed by atoms with E-state index in [9.17, 15) is 5.11 Å². The number of piperidine rings is 1. The fourth-order valence-electron chi connectivity index (χ4n) is 6.34. The molecule has 3 nitrogen and oxygen atoms in total. The molecule has 2 bridgehead atoms. The summed E-state index contributed by atoms with van der Waals surface area (Å²) in [5, 5.41) is 10.8. The standard InChI is InChI=1S/C22H29NO2/c1-20(2,3)14-7-6-13-12-16-21(4)9-8-15(24)19-22(21,10-11-23(16)5)17(13)18(14)25-19/h6-9,15-16,19,24H,10-12H2,1-5H3/t15-,16+,19-,21-,22-/m0/s1. The lowest BCUT2D eigenvalue weighted by molar-refractivity contribution is -0.0891. The van der Waals surface area contributed by atoms with Crippen molar-refractivity contribution in [1.29, 1.82) is 0 Å². The van der Waals surface area contributed by atoms with Crippen LogP contribution in [0.5, 0.6) is 5.75 Å². The maximum atomic E-state index is 10.8. The van der Waals surface area contributed by atoms with Crippen LogP contribution in [-0.2, 0) is 17.3 Å². The molecular weight excluding hydrogens is 310 g/mol. The van der Waals surface area contributed by atoms with E-state index in [0.717, 1.165) is 25.1 Å². The molecule has 1 aromatic carbocycles. The molecule has 1 aromatic rings. The molecule has 2 aliphatic heterocycles. The Morgan fingerprint density at radius 1 is 1.28 bits per heavy atom. The topological polar surface area (TPSA) is 32.7 Å². The molecular formula is C22H29NO2. The van der Waals surface area contributed by atoms with Crippen molar-refractivity contribution in [1.82, 2.24) is 4.90 Å². The first kappa shape index (κ1) is 15.9. The van der Waals surface area contributed by atoms with Crippen LogP contribution in [0, 0.1) is 5.41 Å². The number of benzene rings is 1. The van der Waals surface area contributed by atoms with Gasteiger partial charge in [0.15, 0.2) is 0 Å². The largest absolute Gasteiger partial charge is 0.486 e. The average molecular weight is 339 g/mol. The zero-order chi connectivity index (χ0) is 17.8. The Bertz CT molecular complexity index is 792. The Labute approximate surface area is 150 Å². The van der Waals surface area contributed by atoms with Gasteiger partial charge in [-0.15, -0.1) is 0 Å². The summed E-state index contributed by atoms with van der Waals surface area (Å²) in [6, 6.07) is 5.07. The zero-order valence-corrected chi connectivity index (χ0v) is 16.0. The Morgan fingerprint density at radius 2 is 2.04 bits per heavy atom. The first-order chi connectivity index (χ1) is 11.7. The van der Waals surface area contributed by atoms with Crippen LogP contribution in [-0.4, -0.2) is 41.8 Å². The van der Waals surface area contributed by atoms with Crippen LogP contribution in [0.25, 0.3) is 0 Å². The fraction of sp³-hybridized carbons (Fsp3) is 0.636. The highest BCUT2D eigenvalue weighted by Gasteiger charge is 2.69. The third-order valence-electron chi connectivity index (χ3n) is 7.64. The van der Waals surface area contributed by atoms with Gasteiger partial charge in [-0.25, -0.2) is 0 Å². The molecule has 5 atom stereocenters. The van der Waals surface area contributed by atoms with Gasteiger partial charge in [-0.3, -0.25) is 0 Å². The molecule has 3 heteroatoms. The van der Waals surface area contributed by atoms with Crippen molar-refractivity contribution in [3.8, 4) is 5.75 Å². The Balaban J connectivity index is 1.86. The van der Waals surface area contributed by atoms with Crippen molar-refractivity contribution in [2.45, 2.75) is 69.6 Å². The minimum atomic E-state index is -0.525. The van der Waals surface area contributed by atoms with Crippen molar-refractivity contribution in [2.75, 3.05) is 13.6 Å². The summed E-state index contributed by atoms with van der Waals surface area (Å²) in [4.78, 5) is 2.52. The first-order valence-corrected chi connectivity index (χ1v) is 9.61. The Morgan fingerprint density at radius 3 is 2.76 bits per heavy atom. The fourth-order valence-corrected chi connectivity index (χ4v) is 6.34. The molecule has 0 unspecified atom stereocenters. The predicted molar refractivity (Wildman–Crippen MR) is 99.2 cm³/mol. The van der Waals surface area contributed by atoms with Crippen molar-refractivity contribution >= 4 is 0 Å². The Hall–Kier alpha value is -1.32. The quantitative estimate of drug-likeness (QED) is 0.737. The number of ether oxygens (including phenoxy) is 1. The highest BCUT2D eigenvalue weighted by atomic mass is 16.5. The highest BCUT2D eigenvalue weighted by molar-refractivity contribution is 5.62. The molecule has 1 saturated heterocycles. The van der Waals surface area contributed by atoms with Crippen LogP contribution in [0.1, 0.15) is 50.8 Å². The second-order valence-corrected chi connectivity index (χ2v) is 9.82. The number of likely N-dealkylation sites (N-methyl/N-ethyl adjacent to an activating group) is 1. The van der Waals surface area contributed by atoms with Crippen LogP contribution in [0.2, 0.25) is 0 Å². The highest BCUT2D eigenvalue weighted by Crippen LogP contribution is 2.67. The predicted octanol–water partition coefficient (Wildman–Crippen LogP) is 3.18. The van der Waals surface area contributed by atoms with Crippen LogP contribution in [0.4, 0.5) is 0 Å². The maximum Gasteiger partial charge on any atom is 0.139 e. The summed E-state index contributed by atoms with van der Waals surface area (Å²) in [5.41, 5.74) is 4.08. The normalized spacial score (nSPS) is 41.4. The van der Waals surface area contributed by atoms with Gasteiger partial charge in [0.1, 0.15) is 18.0 Å². The third kappa shape index (κ3) is 1.65. The summed E-state index contributed by atoms with van der Waals surface area (Å²) >= 11 is 0. The number of rotatable bonds is 0. The molecule has 1 fully saturated rings. The summed E-state index contributed by atoms with van der Waals surface area (Å²) in [7, 11) is 2.25.